The summed E-state index contributed by atoms with van der Waals surface area (Å²) in [5.41, 5.74) is 1.50. The monoisotopic (exact) mass is 236 g/mol. The Morgan fingerprint density at radius 1 is 0.889 bits per heavy atom. The lowest BCUT2D eigenvalue weighted by molar-refractivity contribution is 1.27. The lowest BCUT2D eigenvalue weighted by Crippen LogP contribution is -2.06. The van der Waals surface area contributed by atoms with Crippen molar-refractivity contribution >= 4 is 32.7 Å². The molecule has 0 amide bonds. The highest BCUT2D eigenvalue weighted by atomic mass is 16.1. The van der Waals surface area contributed by atoms with Crippen molar-refractivity contribution in [1.82, 2.24) is 19.9 Å². The number of nitrogens with zero attached hydrogens (tertiary/aromatic N) is 2. The van der Waals surface area contributed by atoms with Crippen LogP contribution in [0.5, 0.6) is 0 Å². The first kappa shape index (κ1) is 9.35. The smallest absolute Gasteiger partial charge is 0.258 e. The van der Waals surface area contributed by atoms with Crippen molar-refractivity contribution in [2.45, 2.75) is 0 Å². The fourth-order valence-corrected chi connectivity index (χ4v) is 2.39. The Hall–Kier alpha value is -2.69. The van der Waals surface area contributed by atoms with Crippen molar-refractivity contribution in [2.75, 3.05) is 0 Å². The van der Waals surface area contributed by atoms with Crippen LogP contribution in [0, 0.1) is 0 Å². The van der Waals surface area contributed by atoms with Gasteiger partial charge in [-0.05, 0) is 12.1 Å². The minimum absolute atomic E-state index is 0.134. The molecule has 0 aliphatic carbocycles. The molecule has 0 spiro atoms. The zero-order valence-electron chi connectivity index (χ0n) is 9.27. The number of hydrogen-bond donors (Lipinski definition) is 2. The zero-order chi connectivity index (χ0) is 12.1. The molecule has 0 saturated heterocycles. The SMILES string of the molecule is O=c1[nH]c2[nH]c3cnccc3c2c2ccncc12. The number of pyridine rings is 3. The average Bonchev–Trinajstić information content (AvgIpc) is 2.77. The van der Waals surface area contributed by atoms with Crippen molar-refractivity contribution < 1.29 is 0 Å². The first-order chi connectivity index (χ1) is 8.84. The van der Waals surface area contributed by atoms with Crippen LogP contribution in [0.4, 0.5) is 0 Å². The maximum absolute atomic E-state index is 11.9. The summed E-state index contributed by atoms with van der Waals surface area (Å²) in [4.78, 5) is 26.0. The quantitative estimate of drug-likeness (QED) is 0.490. The number of rotatable bonds is 0. The number of aromatic amines is 2. The van der Waals surface area contributed by atoms with E-state index in [0.29, 0.717) is 5.39 Å². The van der Waals surface area contributed by atoms with Gasteiger partial charge in [-0.3, -0.25) is 14.8 Å². The topological polar surface area (TPSA) is 74.4 Å². The number of hydrogen-bond acceptors (Lipinski definition) is 3. The molecule has 2 N–H and O–H groups in total. The maximum Gasteiger partial charge on any atom is 0.258 e. The Morgan fingerprint density at radius 3 is 2.56 bits per heavy atom. The summed E-state index contributed by atoms with van der Waals surface area (Å²) in [5.74, 6) is 0. The third-order valence-corrected chi connectivity index (χ3v) is 3.17. The molecule has 0 aromatic carbocycles. The molecule has 0 atom stereocenters. The molecule has 4 rings (SSSR count). The Balaban J connectivity index is 2.43. The predicted octanol–water partition coefficient (Wildman–Crippen LogP) is 1.95. The standard InChI is InChI=1S/C13H8N4O/c18-13-9-5-14-3-1-7(9)11-8-2-4-15-6-10(8)16-12(11)17-13/h1-6H,(H2,16,17,18). The van der Waals surface area contributed by atoms with Gasteiger partial charge in [-0.2, -0.15) is 0 Å². The summed E-state index contributed by atoms with van der Waals surface area (Å²) in [6.07, 6.45) is 6.78. The molecule has 4 aromatic heterocycles. The summed E-state index contributed by atoms with van der Waals surface area (Å²) in [6.45, 7) is 0. The van der Waals surface area contributed by atoms with Crippen LogP contribution in [0.15, 0.2) is 41.7 Å². The zero-order valence-corrected chi connectivity index (χ0v) is 9.27. The van der Waals surface area contributed by atoms with Gasteiger partial charge in [-0.15, -0.1) is 0 Å². The lowest BCUT2D eigenvalue weighted by atomic mass is 10.1. The normalized spacial score (nSPS) is 11.6. The molecule has 0 fully saturated rings. The van der Waals surface area contributed by atoms with Crippen LogP contribution in [0.1, 0.15) is 0 Å². The number of H-pyrrole nitrogens is 2. The first-order valence-corrected chi connectivity index (χ1v) is 5.56. The minimum atomic E-state index is -0.134. The Labute approximate surface area is 101 Å². The van der Waals surface area contributed by atoms with E-state index in [9.17, 15) is 4.79 Å². The molecule has 18 heavy (non-hydrogen) atoms. The van der Waals surface area contributed by atoms with Crippen LogP contribution in [-0.2, 0) is 0 Å². The van der Waals surface area contributed by atoms with Crippen LogP contribution >= 0.6 is 0 Å². The lowest BCUT2D eigenvalue weighted by Gasteiger charge is -1.98. The predicted molar refractivity (Wildman–Crippen MR) is 69.5 cm³/mol. The molecule has 0 unspecified atom stereocenters. The Morgan fingerprint density at radius 2 is 1.67 bits per heavy atom. The summed E-state index contributed by atoms with van der Waals surface area (Å²) in [6, 6.07) is 3.80. The maximum atomic E-state index is 11.9. The van der Waals surface area contributed by atoms with E-state index in [-0.39, 0.29) is 5.56 Å². The van der Waals surface area contributed by atoms with Gasteiger partial charge in [0.25, 0.3) is 5.56 Å². The van der Waals surface area contributed by atoms with Crippen molar-refractivity contribution in [3.05, 3.63) is 47.3 Å². The highest BCUT2D eigenvalue weighted by Gasteiger charge is 2.10. The molecule has 86 valence electrons. The van der Waals surface area contributed by atoms with E-state index < -0.39 is 0 Å². The van der Waals surface area contributed by atoms with E-state index >= 15 is 0 Å². The van der Waals surface area contributed by atoms with E-state index in [1.54, 1.807) is 24.8 Å². The molecule has 5 nitrogen and oxygen atoms in total. The van der Waals surface area contributed by atoms with Gasteiger partial charge in [0.2, 0.25) is 0 Å². The molecule has 0 aliphatic rings. The minimum Gasteiger partial charge on any atom is -0.339 e. The van der Waals surface area contributed by atoms with Crippen molar-refractivity contribution in [2.24, 2.45) is 0 Å². The van der Waals surface area contributed by atoms with Crippen LogP contribution < -0.4 is 5.56 Å². The second-order valence-corrected chi connectivity index (χ2v) is 4.17. The molecule has 0 saturated carbocycles. The fraction of sp³-hybridized carbons (Fsp3) is 0. The molecule has 5 heteroatoms. The molecule has 0 bridgehead atoms. The number of nitrogens with one attached hydrogen (secondary N) is 2. The highest BCUT2D eigenvalue weighted by molar-refractivity contribution is 6.18. The molecule has 0 radical (unpaired) electrons. The second kappa shape index (κ2) is 3.16. The van der Waals surface area contributed by atoms with E-state index in [1.807, 2.05) is 12.1 Å². The van der Waals surface area contributed by atoms with Crippen molar-refractivity contribution in [1.29, 1.82) is 0 Å². The van der Waals surface area contributed by atoms with Crippen molar-refractivity contribution in [3.63, 3.8) is 0 Å². The second-order valence-electron chi connectivity index (χ2n) is 4.17. The average molecular weight is 236 g/mol. The van der Waals surface area contributed by atoms with Crippen LogP contribution in [-0.4, -0.2) is 19.9 Å². The molecule has 0 aliphatic heterocycles. The molecular weight excluding hydrogens is 228 g/mol. The fourth-order valence-electron chi connectivity index (χ4n) is 2.39. The first-order valence-electron chi connectivity index (χ1n) is 5.56. The van der Waals surface area contributed by atoms with Crippen LogP contribution in [0.2, 0.25) is 0 Å². The van der Waals surface area contributed by atoms with Gasteiger partial charge in [0, 0.05) is 34.7 Å². The third kappa shape index (κ3) is 1.08. The number of aromatic nitrogens is 4. The summed E-state index contributed by atoms with van der Waals surface area (Å²) in [5, 5.41) is 3.56. The molecule has 4 aromatic rings. The number of fused-ring (bicyclic) bond motifs is 5. The summed E-state index contributed by atoms with van der Waals surface area (Å²) < 4.78 is 0. The van der Waals surface area contributed by atoms with Gasteiger partial charge in [0.15, 0.2) is 0 Å². The van der Waals surface area contributed by atoms with Gasteiger partial charge >= 0.3 is 0 Å². The molecular formula is C13H8N4O. The summed E-state index contributed by atoms with van der Waals surface area (Å²) >= 11 is 0. The van der Waals surface area contributed by atoms with Gasteiger partial charge in [0.1, 0.15) is 5.65 Å². The molecule has 4 heterocycles. The van der Waals surface area contributed by atoms with Gasteiger partial charge in [0.05, 0.1) is 17.1 Å². The van der Waals surface area contributed by atoms with Crippen LogP contribution in [0.3, 0.4) is 0 Å². The van der Waals surface area contributed by atoms with Gasteiger partial charge in [-0.1, -0.05) is 0 Å². The Kier molecular flexibility index (Phi) is 1.64. The Bertz CT molecular complexity index is 951. The largest absolute Gasteiger partial charge is 0.339 e. The van der Waals surface area contributed by atoms with Gasteiger partial charge < -0.3 is 9.97 Å². The van der Waals surface area contributed by atoms with Gasteiger partial charge in [-0.25, -0.2) is 0 Å². The van der Waals surface area contributed by atoms with E-state index in [4.69, 9.17) is 0 Å². The summed E-state index contributed by atoms with van der Waals surface area (Å²) in [7, 11) is 0. The van der Waals surface area contributed by atoms with Crippen LogP contribution in [0.25, 0.3) is 32.7 Å². The van der Waals surface area contributed by atoms with E-state index in [2.05, 4.69) is 19.9 Å². The highest BCUT2D eigenvalue weighted by Crippen LogP contribution is 2.27. The van der Waals surface area contributed by atoms with E-state index in [1.165, 1.54) is 0 Å². The van der Waals surface area contributed by atoms with E-state index in [0.717, 1.165) is 27.3 Å². The third-order valence-electron chi connectivity index (χ3n) is 3.17. The van der Waals surface area contributed by atoms with Crippen molar-refractivity contribution in [3.8, 4) is 0 Å².